The van der Waals surface area contributed by atoms with Gasteiger partial charge in [-0.25, -0.2) is 4.39 Å². The molecule has 2 fully saturated rings. The summed E-state index contributed by atoms with van der Waals surface area (Å²) in [5.41, 5.74) is 2.15. The number of Topliss-reactive ketones (excluding diaryl/α,β-unsaturated/α-hetero) is 1. The molecule has 1 aromatic carbocycles. The van der Waals surface area contributed by atoms with Crippen LogP contribution in [0, 0.1) is 11.7 Å². The van der Waals surface area contributed by atoms with E-state index in [-0.39, 0.29) is 27.9 Å². The topological polar surface area (TPSA) is 63.2 Å². The predicted molar refractivity (Wildman–Crippen MR) is 115 cm³/mol. The molecule has 1 aliphatic heterocycles. The summed E-state index contributed by atoms with van der Waals surface area (Å²) in [5, 5.41) is 0.0660. The van der Waals surface area contributed by atoms with Crippen molar-refractivity contribution in [2.45, 2.75) is 37.5 Å². The van der Waals surface area contributed by atoms with Gasteiger partial charge in [-0.15, -0.1) is 0 Å². The fourth-order valence-electron chi connectivity index (χ4n) is 3.97. The number of carbonyl (C=O) groups excluding carboxylic acids is 2. The Labute approximate surface area is 179 Å². The minimum atomic E-state index is -0.604. The van der Waals surface area contributed by atoms with E-state index < -0.39 is 6.04 Å². The van der Waals surface area contributed by atoms with Crippen LogP contribution in [0.1, 0.15) is 43.5 Å². The molecule has 0 bridgehead atoms. The Morgan fingerprint density at radius 3 is 2.70 bits per heavy atom. The number of halogens is 1. The lowest BCUT2D eigenvalue weighted by Gasteiger charge is -2.38. The molecule has 1 saturated heterocycles. The molecule has 2 aliphatic rings. The largest absolute Gasteiger partial charge is 0.297 e. The number of ketones is 1. The SMILES string of the molecule is CC(=O)SC1CCN(C(C(=O)C2CC2)c2ccccc2F)C/C1=C/c1cnccn1. The number of piperidine rings is 1. The molecular weight excluding hydrogens is 401 g/mol. The molecule has 0 amide bonds. The second-order valence-corrected chi connectivity index (χ2v) is 9.19. The van der Waals surface area contributed by atoms with E-state index in [0.29, 0.717) is 30.8 Å². The molecule has 5 nitrogen and oxygen atoms in total. The molecule has 1 saturated carbocycles. The van der Waals surface area contributed by atoms with Gasteiger partial charge in [-0.3, -0.25) is 24.5 Å². The van der Waals surface area contributed by atoms with Gasteiger partial charge in [0.1, 0.15) is 5.82 Å². The van der Waals surface area contributed by atoms with E-state index in [9.17, 15) is 14.0 Å². The highest BCUT2D eigenvalue weighted by Crippen LogP contribution is 2.40. The van der Waals surface area contributed by atoms with Gasteiger partial charge < -0.3 is 0 Å². The molecule has 1 aliphatic carbocycles. The maximum absolute atomic E-state index is 14.7. The number of likely N-dealkylation sites (tertiary alicyclic amines) is 1. The van der Waals surface area contributed by atoms with Crippen molar-refractivity contribution in [3.05, 3.63) is 65.5 Å². The average Bonchev–Trinajstić information content (AvgIpc) is 3.57. The van der Waals surface area contributed by atoms with E-state index in [1.54, 1.807) is 43.7 Å². The smallest absolute Gasteiger partial charge is 0.186 e. The third-order valence-electron chi connectivity index (χ3n) is 5.52. The maximum atomic E-state index is 14.7. The molecule has 0 N–H and O–H groups in total. The Hall–Kier alpha value is -2.38. The van der Waals surface area contributed by atoms with Gasteiger partial charge in [0, 0.05) is 49.1 Å². The normalized spacial score (nSPS) is 22.1. The van der Waals surface area contributed by atoms with Gasteiger partial charge in [0.25, 0.3) is 0 Å². The molecular formula is C23H24FN3O2S. The summed E-state index contributed by atoms with van der Waals surface area (Å²) in [6, 6.07) is 5.94. The van der Waals surface area contributed by atoms with Gasteiger partial charge in [0.15, 0.2) is 10.9 Å². The van der Waals surface area contributed by atoms with Crippen LogP contribution in [0.15, 0.2) is 48.4 Å². The molecule has 4 rings (SSSR count). The van der Waals surface area contributed by atoms with E-state index in [1.165, 1.54) is 17.8 Å². The van der Waals surface area contributed by atoms with E-state index in [0.717, 1.165) is 18.4 Å². The minimum Gasteiger partial charge on any atom is -0.297 e. The zero-order chi connectivity index (χ0) is 21.1. The van der Waals surface area contributed by atoms with Crippen LogP contribution < -0.4 is 0 Å². The molecule has 7 heteroatoms. The number of carbonyl (C=O) groups is 2. The Morgan fingerprint density at radius 1 is 1.23 bits per heavy atom. The van der Waals surface area contributed by atoms with Crippen molar-refractivity contribution in [1.82, 2.24) is 14.9 Å². The zero-order valence-corrected chi connectivity index (χ0v) is 17.6. The van der Waals surface area contributed by atoms with Crippen molar-refractivity contribution in [2.75, 3.05) is 13.1 Å². The van der Waals surface area contributed by atoms with E-state index in [1.807, 2.05) is 6.08 Å². The molecule has 2 unspecified atom stereocenters. The first-order valence-corrected chi connectivity index (χ1v) is 11.1. The average molecular weight is 426 g/mol. The summed E-state index contributed by atoms with van der Waals surface area (Å²) < 4.78 is 14.7. The van der Waals surface area contributed by atoms with Crippen LogP contribution in [0.25, 0.3) is 6.08 Å². The lowest BCUT2D eigenvalue weighted by atomic mass is 9.93. The van der Waals surface area contributed by atoms with E-state index in [2.05, 4.69) is 14.9 Å². The fraction of sp³-hybridized carbons (Fsp3) is 0.391. The van der Waals surface area contributed by atoms with Crippen LogP contribution in [0.3, 0.4) is 0 Å². The first-order chi connectivity index (χ1) is 14.5. The molecule has 0 spiro atoms. The highest BCUT2D eigenvalue weighted by atomic mass is 32.2. The predicted octanol–water partition coefficient (Wildman–Crippen LogP) is 4.07. The van der Waals surface area contributed by atoms with Gasteiger partial charge in [0.2, 0.25) is 0 Å². The summed E-state index contributed by atoms with van der Waals surface area (Å²) in [6.45, 7) is 2.68. The third-order valence-corrected chi connectivity index (χ3v) is 6.67. The van der Waals surface area contributed by atoms with Gasteiger partial charge >= 0.3 is 0 Å². The summed E-state index contributed by atoms with van der Waals surface area (Å²) in [5.74, 6) is -0.237. The number of aromatic nitrogens is 2. The maximum Gasteiger partial charge on any atom is 0.186 e. The van der Waals surface area contributed by atoms with Gasteiger partial charge in [-0.05, 0) is 37.0 Å². The Bertz CT molecular complexity index is 962. The minimum absolute atomic E-state index is 0.0121. The second-order valence-electron chi connectivity index (χ2n) is 7.81. The summed E-state index contributed by atoms with van der Waals surface area (Å²) >= 11 is 1.30. The molecule has 0 radical (unpaired) electrons. The van der Waals surface area contributed by atoms with Crippen molar-refractivity contribution < 1.29 is 14.0 Å². The first kappa shape index (κ1) is 20.9. The van der Waals surface area contributed by atoms with Crippen LogP contribution in [-0.2, 0) is 9.59 Å². The molecule has 2 heterocycles. The van der Waals surface area contributed by atoms with Gasteiger partial charge in [-0.2, -0.15) is 0 Å². The third kappa shape index (κ3) is 4.84. The fourth-order valence-corrected chi connectivity index (χ4v) is 4.89. The van der Waals surface area contributed by atoms with Crippen molar-refractivity contribution in [3.8, 4) is 0 Å². The number of benzene rings is 1. The highest BCUT2D eigenvalue weighted by molar-refractivity contribution is 8.14. The quantitative estimate of drug-likeness (QED) is 0.695. The number of nitrogens with zero attached hydrogens (tertiary/aromatic N) is 3. The Kier molecular flexibility index (Phi) is 6.39. The number of thioether (sulfide) groups is 1. The van der Waals surface area contributed by atoms with Crippen molar-refractivity contribution in [2.24, 2.45) is 5.92 Å². The van der Waals surface area contributed by atoms with Crippen molar-refractivity contribution >= 4 is 28.7 Å². The standard InChI is InChI=1S/C23H24FN3O2S/c1-15(28)30-21-8-11-27(14-17(21)12-18-13-25-9-10-26-18)22(23(29)16-6-7-16)19-4-2-3-5-20(19)24/h2-5,9-10,12-13,16,21-22H,6-8,11,14H2,1H3/b17-12-. The Balaban J connectivity index is 1.67. The van der Waals surface area contributed by atoms with Crippen LogP contribution in [-0.4, -0.2) is 44.1 Å². The molecule has 156 valence electrons. The number of hydrogen-bond acceptors (Lipinski definition) is 6. The van der Waals surface area contributed by atoms with Crippen LogP contribution in [0.2, 0.25) is 0 Å². The number of rotatable bonds is 6. The van der Waals surface area contributed by atoms with Crippen molar-refractivity contribution in [3.63, 3.8) is 0 Å². The van der Waals surface area contributed by atoms with E-state index >= 15 is 0 Å². The molecule has 2 aromatic rings. The zero-order valence-electron chi connectivity index (χ0n) is 16.8. The molecule has 30 heavy (non-hydrogen) atoms. The van der Waals surface area contributed by atoms with Crippen LogP contribution in [0.5, 0.6) is 0 Å². The van der Waals surface area contributed by atoms with Crippen LogP contribution >= 0.6 is 11.8 Å². The number of hydrogen-bond donors (Lipinski definition) is 0. The Morgan fingerprint density at radius 2 is 2.03 bits per heavy atom. The monoisotopic (exact) mass is 425 g/mol. The lowest BCUT2D eigenvalue weighted by Crippen LogP contribution is -2.43. The first-order valence-electron chi connectivity index (χ1n) is 10.2. The summed E-state index contributed by atoms with van der Waals surface area (Å²) in [6.07, 6.45) is 9.31. The summed E-state index contributed by atoms with van der Waals surface area (Å²) in [4.78, 5) is 35.4. The van der Waals surface area contributed by atoms with E-state index in [4.69, 9.17) is 0 Å². The molecule has 2 atom stereocenters. The van der Waals surface area contributed by atoms with Crippen molar-refractivity contribution in [1.29, 1.82) is 0 Å². The van der Waals surface area contributed by atoms with Gasteiger partial charge in [-0.1, -0.05) is 30.0 Å². The second kappa shape index (κ2) is 9.18. The van der Waals surface area contributed by atoms with Gasteiger partial charge in [0.05, 0.1) is 17.9 Å². The molecule has 1 aromatic heterocycles. The highest BCUT2D eigenvalue weighted by Gasteiger charge is 2.41. The van der Waals surface area contributed by atoms with Crippen LogP contribution in [0.4, 0.5) is 4.39 Å². The lowest BCUT2D eigenvalue weighted by molar-refractivity contribution is -0.126. The summed E-state index contributed by atoms with van der Waals surface area (Å²) in [7, 11) is 0.